The summed E-state index contributed by atoms with van der Waals surface area (Å²) in [5.74, 6) is 1.22. The molecule has 2 aromatic rings. The molecule has 1 aromatic heterocycles. The third-order valence-corrected chi connectivity index (χ3v) is 4.43. The molecular weight excluding hydrogens is 304 g/mol. The lowest BCUT2D eigenvalue weighted by Crippen LogP contribution is -2.32. The maximum atomic E-state index is 12.4. The van der Waals surface area contributed by atoms with Crippen LogP contribution in [0.5, 0.6) is 0 Å². The van der Waals surface area contributed by atoms with Gasteiger partial charge < -0.3 is 9.15 Å². The predicted octanol–water partition coefficient (Wildman–Crippen LogP) is 3.65. The number of Topliss-reactive ketones (excluding diaryl/α,β-unsaturated/α-hetero) is 1. The molecule has 1 aromatic carbocycles. The van der Waals surface area contributed by atoms with E-state index in [0.29, 0.717) is 18.4 Å². The molecular formula is C20H18O4. The van der Waals surface area contributed by atoms with Gasteiger partial charge in [0.25, 0.3) is 0 Å². The van der Waals surface area contributed by atoms with E-state index in [1.807, 2.05) is 30.3 Å². The molecule has 0 saturated heterocycles. The van der Waals surface area contributed by atoms with Crippen molar-refractivity contribution >= 4 is 11.8 Å². The summed E-state index contributed by atoms with van der Waals surface area (Å²) >= 11 is 0. The van der Waals surface area contributed by atoms with Crippen LogP contribution in [0.2, 0.25) is 0 Å². The first kappa shape index (κ1) is 16.1. The van der Waals surface area contributed by atoms with Gasteiger partial charge in [-0.15, -0.1) is 6.42 Å². The minimum Gasteiger partial charge on any atom is -0.472 e. The number of hydrogen-bond acceptors (Lipinski definition) is 4. The van der Waals surface area contributed by atoms with E-state index >= 15 is 0 Å². The van der Waals surface area contributed by atoms with Crippen LogP contribution >= 0.6 is 0 Å². The van der Waals surface area contributed by atoms with Gasteiger partial charge >= 0.3 is 5.97 Å². The molecule has 24 heavy (non-hydrogen) atoms. The van der Waals surface area contributed by atoms with Gasteiger partial charge in [-0.2, -0.15) is 0 Å². The minimum atomic E-state index is -0.823. The van der Waals surface area contributed by atoms with Crippen LogP contribution in [0.4, 0.5) is 0 Å². The van der Waals surface area contributed by atoms with E-state index in [-0.39, 0.29) is 11.7 Å². The van der Waals surface area contributed by atoms with Crippen molar-refractivity contribution in [2.75, 3.05) is 0 Å². The van der Waals surface area contributed by atoms with Crippen molar-refractivity contribution in [3.63, 3.8) is 0 Å². The highest BCUT2D eigenvalue weighted by Crippen LogP contribution is 2.34. The molecule has 4 heteroatoms. The van der Waals surface area contributed by atoms with E-state index in [1.54, 1.807) is 6.07 Å². The Balaban J connectivity index is 1.63. The van der Waals surface area contributed by atoms with Gasteiger partial charge in [-0.1, -0.05) is 36.3 Å². The van der Waals surface area contributed by atoms with Crippen LogP contribution in [-0.4, -0.2) is 11.8 Å². The summed E-state index contributed by atoms with van der Waals surface area (Å²) < 4.78 is 10.3. The van der Waals surface area contributed by atoms with Crippen molar-refractivity contribution in [2.24, 2.45) is 5.92 Å². The van der Waals surface area contributed by atoms with E-state index in [0.717, 1.165) is 12.0 Å². The molecule has 3 rings (SSSR count). The number of ether oxygens (including phenoxy) is 1. The van der Waals surface area contributed by atoms with E-state index in [2.05, 4.69) is 5.92 Å². The van der Waals surface area contributed by atoms with Gasteiger partial charge in [-0.25, -0.2) is 0 Å². The zero-order valence-electron chi connectivity index (χ0n) is 13.2. The zero-order valence-corrected chi connectivity index (χ0v) is 13.2. The Morgan fingerprint density at radius 1 is 1.25 bits per heavy atom. The van der Waals surface area contributed by atoms with Crippen molar-refractivity contribution < 1.29 is 18.7 Å². The highest BCUT2D eigenvalue weighted by atomic mass is 16.5. The molecule has 122 valence electrons. The maximum Gasteiger partial charge on any atom is 0.318 e. The summed E-state index contributed by atoms with van der Waals surface area (Å²) in [4.78, 5) is 24.8. The molecule has 0 spiro atoms. The average Bonchev–Trinajstić information content (AvgIpc) is 3.14. The van der Waals surface area contributed by atoms with Crippen molar-refractivity contribution in [1.29, 1.82) is 0 Å². The number of benzene rings is 1. The van der Waals surface area contributed by atoms with Crippen LogP contribution in [-0.2, 0) is 14.3 Å². The first-order chi connectivity index (χ1) is 11.7. The molecule has 3 atom stereocenters. The molecule has 0 radical (unpaired) electrons. The second-order valence-corrected chi connectivity index (χ2v) is 5.95. The van der Waals surface area contributed by atoms with Crippen LogP contribution in [0.15, 0.2) is 53.3 Å². The van der Waals surface area contributed by atoms with Gasteiger partial charge in [0.05, 0.1) is 12.5 Å². The number of rotatable bonds is 4. The monoisotopic (exact) mass is 322 g/mol. The lowest BCUT2D eigenvalue weighted by molar-refractivity contribution is -0.156. The van der Waals surface area contributed by atoms with Crippen LogP contribution in [0.25, 0.3) is 0 Å². The molecule has 0 amide bonds. The fraction of sp³-hybridized carbons (Fsp3) is 0.300. The van der Waals surface area contributed by atoms with E-state index < -0.39 is 18.0 Å². The lowest BCUT2D eigenvalue weighted by atomic mass is 9.78. The van der Waals surface area contributed by atoms with E-state index in [1.165, 1.54) is 12.5 Å². The molecule has 4 nitrogen and oxygen atoms in total. The van der Waals surface area contributed by atoms with Gasteiger partial charge in [-0.3, -0.25) is 9.59 Å². The summed E-state index contributed by atoms with van der Waals surface area (Å²) in [6.45, 7) is 0. The first-order valence-corrected chi connectivity index (χ1v) is 7.95. The van der Waals surface area contributed by atoms with Gasteiger partial charge in [0.15, 0.2) is 6.10 Å². The highest BCUT2D eigenvalue weighted by molar-refractivity contribution is 6.00. The summed E-state index contributed by atoms with van der Waals surface area (Å²) in [6, 6.07) is 11.6. The zero-order chi connectivity index (χ0) is 16.9. The van der Waals surface area contributed by atoms with Crippen molar-refractivity contribution in [2.45, 2.75) is 31.3 Å². The van der Waals surface area contributed by atoms with Gasteiger partial charge in [0.1, 0.15) is 11.7 Å². The number of furan rings is 1. The summed E-state index contributed by atoms with van der Waals surface area (Å²) in [5, 5.41) is 0. The first-order valence-electron chi connectivity index (χ1n) is 7.95. The third kappa shape index (κ3) is 3.41. The Morgan fingerprint density at radius 3 is 2.67 bits per heavy atom. The molecule has 0 bridgehead atoms. The Morgan fingerprint density at radius 2 is 2.04 bits per heavy atom. The molecule has 1 aliphatic rings. The van der Waals surface area contributed by atoms with Crippen LogP contribution in [0.3, 0.4) is 0 Å². The van der Waals surface area contributed by atoms with Crippen LogP contribution < -0.4 is 0 Å². The van der Waals surface area contributed by atoms with Crippen LogP contribution in [0, 0.1) is 18.3 Å². The SMILES string of the molecule is C#CC(OC(=O)C1CCC(c2ccccc2)CC1=O)c1ccoc1. The second-order valence-electron chi connectivity index (χ2n) is 5.95. The average molecular weight is 322 g/mol. The standard InChI is InChI=1S/C20H18O4/c1-2-19(16-10-11-23-13-16)24-20(22)17-9-8-15(12-18(17)21)14-6-4-3-5-7-14/h1,3-7,10-11,13,15,17,19H,8-9,12H2. The molecule has 1 heterocycles. The largest absolute Gasteiger partial charge is 0.472 e. The fourth-order valence-electron chi connectivity index (χ4n) is 3.10. The van der Waals surface area contributed by atoms with E-state index in [9.17, 15) is 9.59 Å². The van der Waals surface area contributed by atoms with Crippen molar-refractivity contribution in [3.05, 3.63) is 60.1 Å². The summed E-state index contributed by atoms with van der Waals surface area (Å²) in [6.07, 6.45) is 9.12. The van der Waals surface area contributed by atoms with Gasteiger partial charge in [-0.05, 0) is 30.4 Å². The smallest absolute Gasteiger partial charge is 0.318 e. The number of esters is 1. The molecule has 1 saturated carbocycles. The number of hydrogen-bond donors (Lipinski definition) is 0. The Labute approximate surface area is 140 Å². The molecule has 1 fully saturated rings. The topological polar surface area (TPSA) is 56.5 Å². The Bertz CT molecular complexity index is 740. The maximum absolute atomic E-state index is 12.4. The third-order valence-electron chi connectivity index (χ3n) is 4.43. The van der Waals surface area contributed by atoms with E-state index in [4.69, 9.17) is 15.6 Å². The summed E-state index contributed by atoms with van der Waals surface area (Å²) in [5.41, 5.74) is 1.73. The Hall–Kier alpha value is -2.80. The Kier molecular flexibility index (Phi) is 4.81. The fourth-order valence-corrected chi connectivity index (χ4v) is 3.10. The van der Waals surface area contributed by atoms with Crippen molar-refractivity contribution in [1.82, 2.24) is 0 Å². The number of ketones is 1. The van der Waals surface area contributed by atoms with Crippen LogP contribution in [0.1, 0.15) is 42.4 Å². The molecule has 1 aliphatic carbocycles. The molecule has 0 aliphatic heterocycles. The molecule has 0 N–H and O–H groups in total. The predicted molar refractivity (Wildman–Crippen MR) is 87.9 cm³/mol. The minimum absolute atomic E-state index is 0.0805. The van der Waals surface area contributed by atoms with Gasteiger partial charge in [0, 0.05) is 12.0 Å². The lowest BCUT2D eigenvalue weighted by Gasteiger charge is -2.27. The van der Waals surface area contributed by atoms with Gasteiger partial charge in [0.2, 0.25) is 0 Å². The number of terminal acetylenes is 1. The number of carbonyl (C=O) groups excluding carboxylic acids is 2. The number of carbonyl (C=O) groups is 2. The quantitative estimate of drug-likeness (QED) is 0.490. The second kappa shape index (κ2) is 7.18. The highest BCUT2D eigenvalue weighted by Gasteiger charge is 2.36. The molecule has 3 unspecified atom stereocenters. The summed E-state index contributed by atoms with van der Waals surface area (Å²) in [7, 11) is 0. The van der Waals surface area contributed by atoms with Crippen molar-refractivity contribution in [3.8, 4) is 12.3 Å². The normalized spacial score (nSPS) is 21.7.